The summed E-state index contributed by atoms with van der Waals surface area (Å²) in [5, 5.41) is 3.90. The van der Waals surface area contributed by atoms with E-state index in [4.69, 9.17) is 4.52 Å². The summed E-state index contributed by atoms with van der Waals surface area (Å²) >= 11 is 1.75. The average molecular weight is 270 g/mol. The van der Waals surface area contributed by atoms with E-state index >= 15 is 0 Å². The zero-order valence-corrected chi connectivity index (χ0v) is 12.8. The maximum Gasteiger partial charge on any atom is 0.234 e. The molecule has 0 aliphatic rings. The third-order valence-electron chi connectivity index (χ3n) is 2.29. The molecule has 0 atom stereocenters. The van der Waals surface area contributed by atoms with E-state index < -0.39 is 0 Å². The van der Waals surface area contributed by atoms with Crippen LogP contribution in [0.1, 0.15) is 53.3 Å². The van der Waals surface area contributed by atoms with Crippen LogP contribution < -0.4 is 0 Å². The molecule has 0 amide bonds. The van der Waals surface area contributed by atoms with Gasteiger partial charge in [-0.2, -0.15) is 4.98 Å². The van der Waals surface area contributed by atoms with Gasteiger partial charge in [-0.25, -0.2) is 0 Å². The van der Waals surface area contributed by atoms with Gasteiger partial charge in [-0.1, -0.05) is 46.7 Å². The zero-order chi connectivity index (χ0) is 14.0. The van der Waals surface area contributed by atoms with Crippen LogP contribution in [-0.2, 0) is 17.0 Å². The van der Waals surface area contributed by atoms with Crippen LogP contribution >= 0.6 is 11.8 Å². The van der Waals surface area contributed by atoms with Crippen LogP contribution in [0.2, 0.25) is 0 Å². The van der Waals surface area contributed by atoms with E-state index in [2.05, 4.69) is 30.9 Å². The maximum atomic E-state index is 11.8. The van der Waals surface area contributed by atoms with E-state index in [1.807, 2.05) is 20.8 Å². The molecule has 0 saturated heterocycles. The highest BCUT2D eigenvalue weighted by molar-refractivity contribution is 7.99. The van der Waals surface area contributed by atoms with Crippen molar-refractivity contribution < 1.29 is 9.32 Å². The van der Waals surface area contributed by atoms with Crippen LogP contribution in [0.5, 0.6) is 0 Å². The van der Waals surface area contributed by atoms with E-state index in [9.17, 15) is 4.79 Å². The minimum absolute atomic E-state index is 0.112. The fourth-order valence-electron chi connectivity index (χ4n) is 1.10. The summed E-state index contributed by atoms with van der Waals surface area (Å²) < 4.78 is 5.27. The molecule has 0 aliphatic carbocycles. The van der Waals surface area contributed by atoms with E-state index in [0.717, 1.165) is 0 Å². The SMILES string of the molecule is CC(C)(C)SCc1noc(CC(=O)C(C)(C)C)n1. The number of rotatable bonds is 4. The summed E-state index contributed by atoms with van der Waals surface area (Å²) in [7, 11) is 0. The Morgan fingerprint density at radius 3 is 2.33 bits per heavy atom. The predicted molar refractivity (Wildman–Crippen MR) is 73.5 cm³/mol. The molecule has 18 heavy (non-hydrogen) atoms. The highest BCUT2D eigenvalue weighted by Crippen LogP contribution is 2.26. The van der Waals surface area contributed by atoms with Crippen LogP contribution in [0.4, 0.5) is 0 Å². The lowest BCUT2D eigenvalue weighted by Crippen LogP contribution is -2.22. The molecule has 0 fully saturated rings. The molecule has 0 saturated carbocycles. The Morgan fingerprint density at radius 1 is 1.22 bits per heavy atom. The van der Waals surface area contributed by atoms with E-state index in [0.29, 0.717) is 17.5 Å². The normalized spacial score (nSPS) is 12.8. The van der Waals surface area contributed by atoms with Crippen LogP contribution in [0.3, 0.4) is 0 Å². The maximum absolute atomic E-state index is 11.8. The molecule has 0 unspecified atom stereocenters. The summed E-state index contributed by atoms with van der Waals surface area (Å²) in [4.78, 5) is 16.1. The Hall–Kier alpha value is -0.840. The third kappa shape index (κ3) is 5.21. The molecule has 1 rings (SSSR count). The van der Waals surface area contributed by atoms with Gasteiger partial charge in [0.25, 0.3) is 0 Å². The van der Waals surface area contributed by atoms with Crippen molar-refractivity contribution in [2.75, 3.05) is 0 Å². The summed E-state index contributed by atoms with van der Waals surface area (Å²) in [5.41, 5.74) is -0.366. The quantitative estimate of drug-likeness (QED) is 0.840. The van der Waals surface area contributed by atoms with Gasteiger partial charge in [0.05, 0.1) is 12.2 Å². The Balaban J connectivity index is 2.56. The van der Waals surface area contributed by atoms with Crippen LogP contribution in [-0.4, -0.2) is 20.7 Å². The predicted octanol–water partition coefficient (Wildman–Crippen LogP) is 3.26. The van der Waals surface area contributed by atoms with Gasteiger partial charge < -0.3 is 4.52 Å². The van der Waals surface area contributed by atoms with Crippen LogP contribution in [0, 0.1) is 5.41 Å². The minimum Gasteiger partial charge on any atom is -0.339 e. The number of Topliss-reactive ketones (excluding diaryl/α,β-unsaturated/α-hetero) is 1. The minimum atomic E-state index is -0.366. The Labute approximate surface area is 113 Å². The third-order valence-corrected chi connectivity index (χ3v) is 3.56. The molecule has 0 aromatic carbocycles. The molecular formula is C13H22N2O2S. The summed E-state index contributed by atoms with van der Waals surface area (Å²) in [5.74, 6) is 1.89. The number of carbonyl (C=O) groups excluding carboxylic acids is 1. The lowest BCUT2D eigenvalue weighted by atomic mass is 9.89. The molecule has 1 aromatic heterocycles. The van der Waals surface area contributed by atoms with Crippen LogP contribution in [0.25, 0.3) is 0 Å². The number of carbonyl (C=O) groups is 1. The van der Waals surface area contributed by atoms with Crippen molar-refractivity contribution in [2.45, 2.75) is 58.5 Å². The first-order valence-electron chi connectivity index (χ1n) is 6.07. The second kappa shape index (κ2) is 5.43. The molecule has 4 nitrogen and oxygen atoms in total. The number of thioether (sulfide) groups is 1. The second-order valence-corrected chi connectivity index (χ2v) is 8.16. The van der Waals surface area contributed by atoms with Crippen molar-refractivity contribution in [3.63, 3.8) is 0 Å². The Bertz CT molecular complexity index is 413. The summed E-state index contributed by atoms with van der Waals surface area (Å²) in [6.45, 7) is 12.1. The molecule has 0 bridgehead atoms. The van der Waals surface area contributed by atoms with E-state index in [-0.39, 0.29) is 22.4 Å². The lowest BCUT2D eigenvalue weighted by molar-refractivity contribution is -0.125. The monoisotopic (exact) mass is 270 g/mol. The number of nitrogens with zero attached hydrogens (tertiary/aromatic N) is 2. The molecule has 102 valence electrons. The average Bonchev–Trinajstić information content (AvgIpc) is 2.60. The summed E-state index contributed by atoms with van der Waals surface area (Å²) in [6.07, 6.45) is 0.219. The summed E-state index contributed by atoms with van der Waals surface area (Å²) in [6, 6.07) is 0. The molecule has 1 aromatic rings. The number of aromatic nitrogens is 2. The second-order valence-electron chi connectivity index (χ2n) is 6.36. The number of hydrogen-bond acceptors (Lipinski definition) is 5. The van der Waals surface area contributed by atoms with E-state index in [1.165, 1.54) is 0 Å². The fourth-order valence-corrected chi connectivity index (χ4v) is 1.78. The highest BCUT2D eigenvalue weighted by Gasteiger charge is 2.24. The Kier molecular flexibility index (Phi) is 4.59. The lowest BCUT2D eigenvalue weighted by Gasteiger charge is -2.15. The number of hydrogen-bond donors (Lipinski definition) is 0. The van der Waals surface area contributed by atoms with Crippen molar-refractivity contribution in [3.05, 3.63) is 11.7 Å². The van der Waals surface area contributed by atoms with Gasteiger partial charge in [0.15, 0.2) is 5.82 Å². The van der Waals surface area contributed by atoms with Gasteiger partial charge in [-0.3, -0.25) is 4.79 Å². The topological polar surface area (TPSA) is 56.0 Å². The van der Waals surface area contributed by atoms with Gasteiger partial charge >= 0.3 is 0 Å². The fraction of sp³-hybridized carbons (Fsp3) is 0.769. The van der Waals surface area contributed by atoms with Crippen molar-refractivity contribution in [2.24, 2.45) is 5.41 Å². The van der Waals surface area contributed by atoms with Crippen LogP contribution in [0.15, 0.2) is 4.52 Å². The molecule has 1 heterocycles. The molecular weight excluding hydrogens is 248 g/mol. The van der Waals surface area contributed by atoms with Gasteiger partial charge in [0.2, 0.25) is 5.89 Å². The van der Waals surface area contributed by atoms with Crippen molar-refractivity contribution in [1.29, 1.82) is 0 Å². The first-order valence-corrected chi connectivity index (χ1v) is 7.05. The smallest absolute Gasteiger partial charge is 0.234 e. The van der Waals surface area contributed by atoms with Gasteiger partial charge in [-0.15, -0.1) is 11.8 Å². The molecule has 5 heteroatoms. The molecule has 0 N–H and O–H groups in total. The van der Waals surface area contributed by atoms with Gasteiger partial charge in [0.1, 0.15) is 5.78 Å². The van der Waals surface area contributed by atoms with Crippen molar-refractivity contribution in [3.8, 4) is 0 Å². The van der Waals surface area contributed by atoms with Gasteiger partial charge in [-0.05, 0) is 0 Å². The molecule has 0 aliphatic heterocycles. The number of ketones is 1. The Morgan fingerprint density at radius 2 is 1.83 bits per heavy atom. The largest absolute Gasteiger partial charge is 0.339 e. The van der Waals surface area contributed by atoms with Crippen molar-refractivity contribution >= 4 is 17.5 Å². The van der Waals surface area contributed by atoms with E-state index in [1.54, 1.807) is 11.8 Å². The zero-order valence-electron chi connectivity index (χ0n) is 12.0. The van der Waals surface area contributed by atoms with Crippen molar-refractivity contribution in [1.82, 2.24) is 10.1 Å². The molecule has 0 spiro atoms. The molecule has 0 radical (unpaired) electrons. The first kappa shape index (κ1) is 15.2. The van der Waals surface area contributed by atoms with Gasteiger partial charge in [0, 0.05) is 10.2 Å². The highest BCUT2D eigenvalue weighted by atomic mass is 32.2. The standard InChI is InChI=1S/C13H22N2O2S/c1-12(2,3)9(16)7-11-14-10(15-17-11)8-18-13(4,5)6/h7-8H2,1-6H3. The first-order chi connectivity index (χ1) is 8.08.